The molecule has 0 atom stereocenters. The maximum absolute atomic E-state index is 5.89. The highest BCUT2D eigenvalue weighted by molar-refractivity contribution is 6.30. The molecule has 0 spiro atoms. The van der Waals surface area contributed by atoms with Crippen molar-refractivity contribution in [3.8, 4) is 0 Å². The van der Waals surface area contributed by atoms with Crippen molar-refractivity contribution in [2.45, 2.75) is 0 Å². The first kappa shape index (κ1) is 11.5. The SMILES string of the molecule is CNc1cc(Nc2cccc(Cl)c2)nc(N)n1. The van der Waals surface area contributed by atoms with Crippen LogP contribution in [0.2, 0.25) is 5.02 Å². The molecule has 0 aliphatic rings. The van der Waals surface area contributed by atoms with Crippen LogP contribution in [0, 0.1) is 0 Å². The largest absolute Gasteiger partial charge is 0.373 e. The predicted molar refractivity (Wildman–Crippen MR) is 70.7 cm³/mol. The molecule has 0 aliphatic carbocycles. The van der Waals surface area contributed by atoms with Gasteiger partial charge >= 0.3 is 0 Å². The lowest BCUT2D eigenvalue weighted by atomic mass is 10.3. The average Bonchev–Trinajstić information content (AvgIpc) is 2.28. The van der Waals surface area contributed by atoms with Gasteiger partial charge in [0.1, 0.15) is 11.6 Å². The number of benzene rings is 1. The van der Waals surface area contributed by atoms with Gasteiger partial charge in [0.25, 0.3) is 0 Å². The van der Waals surface area contributed by atoms with Crippen LogP contribution >= 0.6 is 11.6 Å². The number of halogens is 1. The summed E-state index contributed by atoms with van der Waals surface area (Å²) in [5.41, 5.74) is 6.44. The molecule has 2 aromatic rings. The van der Waals surface area contributed by atoms with E-state index in [9.17, 15) is 0 Å². The maximum atomic E-state index is 5.89. The first-order valence-corrected chi connectivity index (χ1v) is 5.40. The highest BCUT2D eigenvalue weighted by Crippen LogP contribution is 2.20. The van der Waals surface area contributed by atoms with E-state index in [1.807, 2.05) is 12.1 Å². The number of nitrogens with zero attached hydrogens (tertiary/aromatic N) is 2. The molecule has 0 saturated heterocycles. The number of nitrogens with one attached hydrogen (secondary N) is 2. The molecule has 88 valence electrons. The quantitative estimate of drug-likeness (QED) is 0.779. The van der Waals surface area contributed by atoms with E-state index < -0.39 is 0 Å². The summed E-state index contributed by atoms with van der Waals surface area (Å²) in [6.45, 7) is 0. The molecule has 2 rings (SSSR count). The van der Waals surface area contributed by atoms with Crippen LogP contribution in [0.5, 0.6) is 0 Å². The lowest BCUT2D eigenvalue weighted by Gasteiger charge is -2.08. The van der Waals surface area contributed by atoms with Gasteiger partial charge in [0.15, 0.2) is 0 Å². The maximum Gasteiger partial charge on any atom is 0.223 e. The second-order valence-corrected chi connectivity index (χ2v) is 3.82. The van der Waals surface area contributed by atoms with Crippen molar-refractivity contribution in [2.24, 2.45) is 0 Å². The molecular weight excluding hydrogens is 238 g/mol. The minimum absolute atomic E-state index is 0.210. The molecule has 1 aromatic carbocycles. The molecule has 1 aromatic heterocycles. The van der Waals surface area contributed by atoms with Crippen molar-refractivity contribution in [2.75, 3.05) is 23.4 Å². The monoisotopic (exact) mass is 249 g/mol. The molecule has 0 aliphatic heterocycles. The fourth-order valence-corrected chi connectivity index (χ4v) is 1.56. The second kappa shape index (κ2) is 4.88. The summed E-state index contributed by atoms with van der Waals surface area (Å²) in [4.78, 5) is 8.08. The second-order valence-electron chi connectivity index (χ2n) is 3.38. The van der Waals surface area contributed by atoms with Gasteiger partial charge in [0, 0.05) is 23.8 Å². The molecule has 4 N–H and O–H groups in total. The fraction of sp³-hybridized carbons (Fsp3) is 0.0909. The Morgan fingerprint density at radius 2 is 1.94 bits per heavy atom. The molecule has 1 heterocycles. The van der Waals surface area contributed by atoms with E-state index in [1.54, 1.807) is 25.2 Å². The summed E-state index contributed by atoms with van der Waals surface area (Å²) in [6, 6.07) is 9.12. The van der Waals surface area contributed by atoms with Crippen LogP contribution in [-0.4, -0.2) is 17.0 Å². The Morgan fingerprint density at radius 3 is 2.65 bits per heavy atom. The fourth-order valence-electron chi connectivity index (χ4n) is 1.37. The molecule has 0 amide bonds. The minimum Gasteiger partial charge on any atom is -0.373 e. The molecule has 6 heteroatoms. The van der Waals surface area contributed by atoms with Crippen molar-refractivity contribution < 1.29 is 0 Å². The molecule has 0 fully saturated rings. The van der Waals surface area contributed by atoms with Gasteiger partial charge in [-0.1, -0.05) is 17.7 Å². The van der Waals surface area contributed by atoms with Gasteiger partial charge in [0.2, 0.25) is 5.95 Å². The van der Waals surface area contributed by atoms with E-state index in [0.29, 0.717) is 16.7 Å². The Kier molecular flexibility index (Phi) is 3.30. The van der Waals surface area contributed by atoms with Crippen LogP contribution in [0.15, 0.2) is 30.3 Å². The van der Waals surface area contributed by atoms with Crippen LogP contribution in [-0.2, 0) is 0 Å². The highest BCUT2D eigenvalue weighted by atomic mass is 35.5. The van der Waals surface area contributed by atoms with Crippen LogP contribution < -0.4 is 16.4 Å². The summed E-state index contributed by atoms with van der Waals surface area (Å²) in [7, 11) is 1.77. The summed E-state index contributed by atoms with van der Waals surface area (Å²) in [6.07, 6.45) is 0. The van der Waals surface area contributed by atoms with Crippen molar-refractivity contribution in [3.63, 3.8) is 0 Å². The van der Waals surface area contributed by atoms with Crippen molar-refractivity contribution in [1.82, 2.24) is 9.97 Å². The smallest absolute Gasteiger partial charge is 0.223 e. The number of hydrogen-bond donors (Lipinski definition) is 3. The van der Waals surface area contributed by atoms with Gasteiger partial charge in [-0.15, -0.1) is 0 Å². The number of nitrogen functional groups attached to an aromatic ring is 1. The zero-order valence-corrected chi connectivity index (χ0v) is 9.99. The molecule has 0 radical (unpaired) electrons. The number of aromatic nitrogens is 2. The third-order valence-electron chi connectivity index (χ3n) is 2.10. The molecule has 17 heavy (non-hydrogen) atoms. The zero-order chi connectivity index (χ0) is 12.3. The molecule has 0 bridgehead atoms. The first-order chi connectivity index (χ1) is 8.17. The van der Waals surface area contributed by atoms with Crippen LogP contribution in [0.4, 0.5) is 23.3 Å². The predicted octanol–water partition coefficient (Wildman–Crippen LogP) is 2.50. The summed E-state index contributed by atoms with van der Waals surface area (Å²) in [5, 5.41) is 6.67. The summed E-state index contributed by atoms with van der Waals surface area (Å²) in [5.74, 6) is 1.48. The van der Waals surface area contributed by atoms with Gasteiger partial charge in [-0.25, -0.2) is 0 Å². The Bertz CT molecular complexity index is 529. The van der Waals surface area contributed by atoms with E-state index in [1.165, 1.54) is 0 Å². The lowest BCUT2D eigenvalue weighted by molar-refractivity contribution is 1.17. The van der Waals surface area contributed by atoms with E-state index in [-0.39, 0.29) is 5.95 Å². The first-order valence-electron chi connectivity index (χ1n) is 5.02. The molecule has 0 saturated carbocycles. The van der Waals surface area contributed by atoms with E-state index >= 15 is 0 Å². The molecular formula is C11H12ClN5. The van der Waals surface area contributed by atoms with Crippen molar-refractivity contribution >= 4 is 34.9 Å². The van der Waals surface area contributed by atoms with E-state index in [4.69, 9.17) is 17.3 Å². The van der Waals surface area contributed by atoms with Crippen LogP contribution in [0.25, 0.3) is 0 Å². The van der Waals surface area contributed by atoms with Gasteiger partial charge in [-0.2, -0.15) is 9.97 Å². The van der Waals surface area contributed by atoms with Crippen molar-refractivity contribution in [1.29, 1.82) is 0 Å². The van der Waals surface area contributed by atoms with E-state index in [0.717, 1.165) is 5.69 Å². The Hall–Kier alpha value is -2.01. The van der Waals surface area contributed by atoms with Crippen LogP contribution in [0.3, 0.4) is 0 Å². The zero-order valence-electron chi connectivity index (χ0n) is 9.24. The van der Waals surface area contributed by atoms with Gasteiger partial charge in [-0.05, 0) is 18.2 Å². The minimum atomic E-state index is 0.210. The highest BCUT2D eigenvalue weighted by Gasteiger charge is 2.01. The standard InChI is InChI=1S/C11H12ClN5/c1-14-9-6-10(17-11(13)16-9)15-8-4-2-3-7(12)5-8/h2-6H,1H3,(H4,13,14,15,16,17). The number of rotatable bonds is 3. The van der Waals surface area contributed by atoms with Gasteiger partial charge < -0.3 is 16.4 Å². The number of hydrogen-bond acceptors (Lipinski definition) is 5. The van der Waals surface area contributed by atoms with Gasteiger partial charge in [-0.3, -0.25) is 0 Å². The molecule has 0 unspecified atom stereocenters. The topological polar surface area (TPSA) is 75.9 Å². The lowest BCUT2D eigenvalue weighted by Crippen LogP contribution is -2.03. The normalized spacial score (nSPS) is 10.0. The average molecular weight is 250 g/mol. The van der Waals surface area contributed by atoms with Crippen LogP contribution in [0.1, 0.15) is 0 Å². The number of anilines is 4. The Morgan fingerprint density at radius 1 is 1.18 bits per heavy atom. The Balaban J connectivity index is 2.26. The third kappa shape index (κ3) is 2.98. The number of nitrogens with two attached hydrogens (primary N) is 1. The Labute approximate surface area is 104 Å². The summed E-state index contributed by atoms with van der Waals surface area (Å²) >= 11 is 5.89. The third-order valence-corrected chi connectivity index (χ3v) is 2.33. The van der Waals surface area contributed by atoms with E-state index in [2.05, 4.69) is 20.6 Å². The summed E-state index contributed by atoms with van der Waals surface area (Å²) < 4.78 is 0. The van der Waals surface area contributed by atoms with Crippen molar-refractivity contribution in [3.05, 3.63) is 35.4 Å². The van der Waals surface area contributed by atoms with Gasteiger partial charge in [0.05, 0.1) is 0 Å². The molecule has 5 nitrogen and oxygen atoms in total.